The van der Waals surface area contributed by atoms with Crippen molar-refractivity contribution in [3.63, 3.8) is 0 Å². The van der Waals surface area contributed by atoms with Gasteiger partial charge in [0.2, 0.25) is 0 Å². The smallest absolute Gasteiger partial charge is 0.329 e. The number of fused-ring (bicyclic) bond motifs is 1. The van der Waals surface area contributed by atoms with Crippen molar-refractivity contribution in [1.82, 2.24) is 9.97 Å². The molecule has 0 radical (unpaired) electrons. The summed E-state index contributed by atoms with van der Waals surface area (Å²) in [6, 6.07) is 8.98. The van der Waals surface area contributed by atoms with Crippen LogP contribution in [0.5, 0.6) is 0 Å². The maximum Gasteiger partial charge on any atom is 0.329 e. The fourth-order valence-corrected chi connectivity index (χ4v) is 1.93. The van der Waals surface area contributed by atoms with Gasteiger partial charge in [-0.05, 0) is 18.6 Å². The first-order chi connectivity index (χ1) is 9.67. The lowest BCUT2D eigenvalue weighted by molar-refractivity contribution is -0.144. The van der Waals surface area contributed by atoms with E-state index in [4.69, 9.17) is 21.6 Å². The van der Waals surface area contributed by atoms with Crippen LogP contribution in [0.4, 0.5) is 0 Å². The molecule has 0 amide bonds. The lowest BCUT2D eigenvalue weighted by atomic mass is 10.1. The molecule has 1 aromatic heterocycles. The highest BCUT2D eigenvalue weighted by atomic mass is 35.5. The highest BCUT2D eigenvalue weighted by Crippen LogP contribution is 2.24. The molecule has 0 aliphatic rings. The van der Waals surface area contributed by atoms with E-state index in [9.17, 15) is 4.79 Å². The van der Waals surface area contributed by atoms with Gasteiger partial charge in [-0.2, -0.15) is 5.26 Å². The average Bonchev–Trinajstić information content (AvgIpc) is 2.46. The van der Waals surface area contributed by atoms with Gasteiger partial charge in [-0.1, -0.05) is 30.7 Å². The van der Waals surface area contributed by atoms with E-state index in [-0.39, 0.29) is 17.5 Å². The van der Waals surface area contributed by atoms with E-state index >= 15 is 0 Å². The molecule has 6 heteroatoms. The van der Waals surface area contributed by atoms with Crippen molar-refractivity contribution in [3.05, 3.63) is 35.1 Å². The number of nitriles is 1. The Morgan fingerprint density at radius 2 is 2.05 bits per heavy atom. The van der Waals surface area contributed by atoms with Crippen molar-refractivity contribution < 1.29 is 9.53 Å². The van der Waals surface area contributed by atoms with Gasteiger partial charge in [-0.25, -0.2) is 9.97 Å². The van der Waals surface area contributed by atoms with Crippen LogP contribution in [0.3, 0.4) is 0 Å². The van der Waals surface area contributed by atoms with Crippen molar-refractivity contribution in [1.29, 1.82) is 5.26 Å². The standard InChI is InChI=1S/C14H12ClN3O2/c1-2-7-20-14(19)9(8-16)12-13(15)18-11-6-4-3-5-10(11)17-12/h3-6,9H,2,7H2,1H3/t9-/m0/s1. The number of rotatable bonds is 4. The molecule has 5 nitrogen and oxygen atoms in total. The number of carbonyl (C=O) groups excluding carboxylic acids is 1. The molecule has 0 N–H and O–H groups in total. The number of hydrogen-bond acceptors (Lipinski definition) is 5. The topological polar surface area (TPSA) is 75.9 Å². The third-order valence-electron chi connectivity index (χ3n) is 2.64. The van der Waals surface area contributed by atoms with Gasteiger partial charge < -0.3 is 4.74 Å². The number of nitrogens with zero attached hydrogens (tertiary/aromatic N) is 3. The van der Waals surface area contributed by atoms with Crippen molar-refractivity contribution in [2.45, 2.75) is 19.3 Å². The molecule has 1 atom stereocenters. The van der Waals surface area contributed by atoms with E-state index in [1.807, 2.05) is 19.1 Å². The molecular formula is C14H12ClN3O2. The van der Waals surface area contributed by atoms with E-state index < -0.39 is 11.9 Å². The van der Waals surface area contributed by atoms with Gasteiger partial charge >= 0.3 is 5.97 Å². The van der Waals surface area contributed by atoms with Crippen LogP contribution in [0.1, 0.15) is 25.0 Å². The summed E-state index contributed by atoms with van der Waals surface area (Å²) in [4.78, 5) is 20.3. The zero-order valence-electron chi connectivity index (χ0n) is 10.8. The van der Waals surface area contributed by atoms with E-state index in [0.717, 1.165) is 0 Å². The van der Waals surface area contributed by atoms with Gasteiger partial charge in [0.05, 0.1) is 23.7 Å². The highest BCUT2D eigenvalue weighted by Gasteiger charge is 2.27. The third kappa shape index (κ3) is 2.86. The Kier molecular flexibility index (Phi) is 4.49. The van der Waals surface area contributed by atoms with Crippen molar-refractivity contribution in [2.24, 2.45) is 0 Å². The maximum absolute atomic E-state index is 11.9. The van der Waals surface area contributed by atoms with Gasteiger partial charge in [-0.15, -0.1) is 0 Å². The molecule has 0 fully saturated rings. The number of hydrogen-bond donors (Lipinski definition) is 0. The van der Waals surface area contributed by atoms with Gasteiger partial charge in [0.1, 0.15) is 5.69 Å². The second-order valence-corrected chi connectivity index (χ2v) is 4.48. The summed E-state index contributed by atoms with van der Waals surface area (Å²) in [7, 11) is 0. The predicted molar refractivity (Wildman–Crippen MR) is 74.2 cm³/mol. The monoisotopic (exact) mass is 289 g/mol. The lowest BCUT2D eigenvalue weighted by Gasteiger charge is -2.10. The third-order valence-corrected chi connectivity index (χ3v) is 2.92. The molecule has 0 aliphatic heterocycles. The summed E-state index contributed by atoms with van der Waals surface area (Å²) in [5, 5.41) is 9.21. The molecule has 0 aliphatic carbocycles. The number of para-hydroxylation sites is 2. The van der Waals surface area contributed by atoms with Crippen LogP contribution in [-0.2, 0) is 9.53 Å². The highest BCUT2D eigenvalue weighted by molar-refractivity contribution is 6.30. The normalized spacial score (nSPS) is 11.8. The largest absolute Gasteiger partial charge is 0.464 e. The number of ether oxygens (including phenoxy) is 1. The Balaban J connectivity index is 2.42. The number of halogens is 1. The zero-order chi connectivity index (χ0) is 14.5. The Morgan fingerprint density at radius 3 is 2.65 bits per heavy atom. The molecule has 0 saturated carbocycles. The number of aromatic nitrogens is 2. The molecule has 1 heterocycles. The molecule has 0 spiro atoms. The van der Waals surface area contributed by atoms with Gasteiger partial charge in [0.25, 0.3) is 0 Å². The summed E-state index contributed by atoms with van der Waals surface area (Å²) in [5.41, 5.74) is 1.32. The van der Waals surface area contributed by atoms with Crippen LogP contribution >= 0.6 is 11.6 Å². The van der Waals surface area contributed by atoms with E-state index in [2.05, 4.69) is 9.97 Å². The first kappa shape index (κ1) is 14.2. The Labute approximate surface area is 121 Å². The van der Waals surface area contributed by atoms with E-state index in [0.29, 0.717) is 17.5 Å². The molecular weight excluding hydrogens is 278 g/mol. The molecule has 102 valence electrons. The molecule has 1 aromatic carbocycles. The van der Waals surface area contributed by atoms with Gasteiger partial charge in [0, 0.05) is 0 Å². The quantitative estimate of drug-likeness (QED) is 0.809. The SMILES string of the molecule is CCCOC(=O)[C@@H](C#N)c1nc2ccccc2nc1Cl. The minimum Gasteiger partial charge on any atom is -0.464 e. The van der Waals surface area contributed by atoms with Gasteiger partial charge in [-0.3, -0.25) is 4.79 Å². The van der Waals surface area contributed by atoms with Crippen molar-refractivity contribution in [2.75, 3.05) is 6.61 Å². The molecule has 2 aromatic rings. The van der Waals surface area contributed by atoms with Crippen molar-refractivity contribution in [3.8, 4) is 6.07 Å². The summed E-state index contributed by atoms with van der Waals surface area (Å²) in [6.45, 7) is 2.13. The van der Waals surface area contributed by atoms with Crippen LogP contribution in [0.25, 0.3) is 11.0 Å². The summed E-state index contributed by atoms with van der Waals surface area (Å²) >= 11 is 6.02. The Bertz CT molecular complexity index is 682. The van der Waals surface area contributed by atoms with Crippen LogP contribution < -0.4 is 0 Å². The molecule has 0 unspecified atom stereocenters. The fraction of sp³-hybridized carbons (Fsp3) is 0.286. The van der Waals surface area contributed by atoms with Crippen LogP contribution in [-0.4, -0.2) is 22.5 Å². The van der Waals surface area contributed by atoms with E-state index in [1.165, 1.54) is 0 Å². The second kappa shape index (κ2) is 6.31. The maximum atomic E-state index is 11.9. The number of esters is 1. The number of carbonyl (C=O) groups is 1. The molecule has 0 saturated heterocycles. The minimum atomic E-state index is -1.16. The fourth-order valence-electron chi connectivity index (χ4n) is 1.69. The first-order valence-electron chi connectivity index (χ1n) is 6.15. The Morgan fingerprint density at radius 1 is 1.40 bits per heavy atom. The van der Waals surface area contributed by atoms with Crippen LogP contribution in [0.15, 0.2) is 24.3 Å². The van der Waals surface area contributed by atoms with Crippen LogP contribution in [0.2, 0.25) is 5.15 Å². The van der Waals surface area contributed by atoms with E-state index in [1.54, 1.807) is 18.2 Å². The second-order valence-electron chi connectivity index (χ2n) is 4.12. The molecule has 2 rings (SSSR count). The minimum absolute atomic E-state index is 0.0451. The molecule has 0 bridgehead atoms. The first-order valence-corrected chi connectivity index (χ1v) is 6.53. The lowest BCUT2D eigenvalue weighted by Crippen LogP contribution is -2.17. The predicted octanol–water partition coefficient (Wildman–Crippen LogP) is 2.84. The van der Waals surface area contributed by atoms with Crippen LogP contribution in [0, 0.1) is 11.3 Å². The zero-order valence-corrected chi connectivity index (χ0v) is 11.6. The summed E-state index contributed by atoms with van der Waals surface area (Å²) < 4.78 is 4.98. The van der Waals surface area contributed by atoms with Crippen molar-refractivity contribution >= 4 is 28.6 Å². The summed E-state index contributed by atoms with van der Waals surface area (Å²) in [5.74, 6) is -1.81. The van der Waals surface area contributed by atoms with Gasteiger partial charge in [0.15, 0.2) is 11.1 Å². The summed E-state index contributed by atoms with van der Waals surface area (Å²) in [6.07, 6.45) is 0.682. The molecule has 20 heavy (non-hydrogen) atoms. The number of benzene rings is 1. The Hall–Kier alpha value is -2.19. The average molecular weight is 290 g/mol.